The van der Waals surface area contributed by atoms with Crippen molar-refractivity contribution in [3.63, 3.8) is 0 Å². The number of methoxy groups -OCH3 is 1. The lowest BCUT2D eigenvalue weighted by Crippen LogP contribution is -2.57. The number of benzene rings is 1. The van der Waals surface area contributed by atoms with Crippen molar-refractivity contribution < 1.29 is 27.5 Å². The van der Waals surface area contributed by atoms with Gasteiger partial charge < -0.3 is 14.4 Å². The Hall–Kier alpha value is -3.93. The van der Waals surface area contributed by atoms with Crippen LogP contribution in [0.5, 0.6) is 5.75 Å². The maximum Gasteiger partial charge on any atom is 0.410 e. The number of pyridine rings is 1. The van der Waals surface area contributed by atoms with Crippen molar-refractivity contribution in [2.24, 2.45) is 11.3 Å². The number of anilines is 1. The average Bonchev–Trinajstić information content (AvgIpc) is 3.64. The summed E-state index contributed by atoms with van der Waals surface area (Å²) in [6.45, 7) is 5.38. The van der Waals surface area contributed by atoms with E-state index in [-0.39, 0.29) is 47.4 Å². The first-order valence-corrected chi connectivity index (χ1v) is 21.9. The predicted molar refractivity (Wildman–Crippen MR) is 207 cm³/mol. The molecule has 2 aromatic heterocycles. The molecule has 2 amide bonds. The SMILES string of the molecule is COc1ccc(C23CCC(CN(C(=O)C4CCC(OC(=O)N5CC(S(C)(=O)=O)C5)CC4)c4cc(-c5cnn(C6(C)CCC6)c5)ccn4)(CC2)CC3)cc1C. The first kappa shape index (κ1) is 37.0. The highest BCUT2D eigenvalue weighted by Gasteiger charge is 2.51. The minimum absolute atomic E-state index is 0.0219. The molecule has 54 heavy (non-hydrogen) atoms. The van der Waals surface area contributed by atoms with E-state index in [1.54, 1.807) is 7.11 Å². The van der Waals surface area contributed by atoms with Crippen molar-refractivity contribution in [1.82, 2.24) is 19.7 Å². The summed E-state index contributed by atoms with van der Waals surface area (Å²) in [5, 5.41) is 4.23. The summed E-state index contributed by atoms with van der Waals surface area (Å²) in [6.07, 6.45) is 18.8. The van der Waals surface area contributed by atoms with E-state index < -0.39 is 21.2 Å². The molecule has 0 unspecified atom stereocenters. The Kier molecular flexibility index (Phi) is 9.58. The second kappa shape index (κ2) is 14.0. The highest BCUT2D eigenvalue weighted by atomic mass is 32.2. The fourth-order valence-electron chi connectivity index (χ4n) is 9.90. The zero-order valence-corrected chi connectivity index (χ0v) is 33.1. The minimum atomic E-state index is -3.18. The maximum absolute atomic E-state index is 14.8. The van der Waals surface area contributed by atoms with Crippen LogP contribution in [0.2, 0.25) is 0 Å². The summed E-state index contributed by atoms with van der Waals surface area (Å²) in [5.74, 6) is 1.52. The maximum atomic E-state index is 14.8. The van der Waals surface area contributed by atoms with Gasteiger partial charge in [-0.15, -0.1) is 0 Å². The van der Waals surface area contributed by atoms with Crippen LogP contribution in [0.4, 0.5) is 10.6 Å². The molecule has 6 aliphatic rings. The predicted octanol–water partition coefficient (Wildman–Crippen LogP) is 7.21. The number of ether oxygens (including phenoxy) is 2. The zero-order valence-electron chi connectivity index (χ0n) is 32.3. The van der Waals surface area contributed by atoms with Crippen LogP contribution in [-0.2, 0) is 30.3 Å². The van der Waals surface area contributed by atoms with Crippen LogP contribution in [0.15, 0.2) is 48.9 Å². The Bertz CT molecular complexity index is 1990. The van der Waals surface area contributed by atoms with Gasteiger partial charge in [0.1, 0.15) is 17.7 Å². The average molecular weight is 758 g/mol. The second-order valence-corrected chi connectivity index (χ2v) is 19.9. The number of hydrogen-bond acceptors (Lipinski definition) is 8. The first-order chi connectivity index (χ1) is 25.8. The highest BCUT2D eigenvalue weighted by Crippen LogP contribution is 2.58. The van der Waals surface area contributed by atoms with Crippen molar-refractivity contribution in [1.29, 1.82) is 0 Å². The second-order valence-electron chi connectivity index (χ2n) is 17.5. The molecule has 5 saturated carbocycles. The van der Waals surface area contributed by atoms with Crippen LogP contribution >= 0.6 is 0 Å². The number of aromatic nitrogens is 3. The number of likely N-dealkylation sites (tertiary alicyclic amines) is 1. The summed E-state index contributed by atoms with van der Waals surface area (Å²) in [5.41, 5.74) is 4.87. The summed E-state index contributed by atoms with van der Waals surface area (Å²) >= 11 is 0. The van der Waals surface area contributed by atoms with E-state index in [9.17, 15) is 18.0 Å². The van der Waals surface area contributed by atoms with Crippen LogP contribution in [0.25, 0.3) is 11.1 Å². The first-order valence-electron chi connectivity index (χ1n) is 19.9. The molecule has 0 spiro atoms. The van der Waals surface area contributed by atoms with E-state index >= 15 is 0 Å². The van der Waals surface area contributed by atoms with Crippen LogP contribution in [0.3, 0.4) is 0 Å². The Morgan fingerprint density at radius 2 is 1.65 bits per heavy atom. The van der Waals surface area contributed by atoms with Gasteiger partial charge in [0.25, 0.3) is 0 Å². The molecule has 0 radical (unpaired) electrons. The van der Waals surface area contributed by atoms with E-state index in [1.807, 2.05) is 23.4 Å². The highest BCUT2D eigenvalue weighted by molar-refractivity contribution is 7.91. The van der Waals surface area contributed by atoms with Crippen molar-refractivity contribution in [2.75, 3.05) is 37.9 Å². The molecule has 1 aliphatic heterocycles. The fourth-order valence-corrected chi connectivity index (χ4v) is 10.8. The van der Waals surface area contributed by atoms with Gasteiger partial charge in [-0.05, 0) is 143 Å². The number of sulfone groups is 1. The Balaban J connectivity index is 0.991. The van der Waals surface area contributed by atoms with Gasteiger partial charge in [0.2, 0.25) is 5.91 Å². The van der Waals surface area contributed by atoms with Gasteiger partial charge in [-0.25, -0.2) is 18.2 Å². The molecule has 2 bridgehead atoms. The topological polar surface area (TPSA) is 124 Å². The van der Waals surface area contributed by atoms with Gasteiger partial charge in [0.15, 0.2) is 9.84 Å². The summed E-state index contributed by atoms with van der Waals surface area (Å²) in [7, 11) is -1.45. The van der Waals surface area contributed by atoms with Gasteiger partial charge in [-0.3, -0.25) is 14.4 Å². The zero-order chi connectivity index (χ0) is 37.9. The van der Waals surface area contributed by atoms with Gasteiger partial charge in [0, 0.05) is 49.8 Å². The Labute approximate surface area is 319 Å². The molecule has 6 fully saturated rings. The van der Waals surface area contributed by atoms with Crippen molar-refractivity contribution in [3.8, 4) is 16.9 Å². The molecule has 290 valence electrons. The molecule has 3 aromatic rings. The molecule has 0 N–H and O–H groups in total. The Morgan fingerprint density at radius 3 is 2.26 bits per heavy atom. The largest absolute Gasteiger partial charge is 0.496 e. The fraction of sp³-hybridized carbons (Fsp3) is 0.619. The van der Waals surface area contributed by atoms with Crippen molar-refractivity contribution in [3.05, 3.63) is 60.0 Å². The molecule has 3 heterocycles. The lowest BCUT2D eigenvalue weighted by atomic mass is 9.51. The molecule has 1 aromatic carbocycles. The number of hydrogen-bond donors (Lipinski definition) is 0. The molecule has 11 nitrogen and oxygen atoms in total. The lowest BCUT2D eigenvalue weighted by Gasteiger charge is -2.55. The Morgan fingerprint density at radius 1 is 0.944 bits per heavy atom. The third kappa shape index (κ3) is 6.92. The molecule has 0 atom stereocenters. The number of carbonyl (C=O) groups is 2. The van der Waals surface area contributed by atoms with E-state index in [0.29, 0.717) is 38.0 Å². The van der Waals surface area contributed by atoms with Crippen molar-refractivity contribution >= 4 is 27.7 Å². The van der Waals surface area contributed by atoms with Crippen LogP contribution in [-0.4, -0.2) is 84.4 Å². The standard InChI is InChI=1S/C42H55N5O6S/c1-29-22-33(8-11-36(29)52-3)42-18-15-41(16-19-42,17-20-42)28-46(37-23-31(12-21-43-37)32-24-44-47(25-32)40(2)13-5-14-40)38(48)30-6-9-34(10-7-30)53-39(49)45-26-35(27-45)54(4,50)51/h8,11-12,21-25,30,34-35H,5-7,9-10,13-20,26-28H2,1-4H3. The number of aryl methyl sites for hydroxylation is 1. The molecular weight excluding hydrogens is 703 g/mol. The van der Waals surface area contributed by atoms with Crippen molar-refractivity contribution in [2.45, 2.75) is 120 Å². The van der Waals surface area contributed by atoms with Gasteiger partial charge in [0.05, 0.1) is 24.1 Å². The molecular formula is C42H55N5O6S. The number of rotatable bonds is 10. The van der Waals surface area contributed by atoms with E-state index in [1.165, 1.54) is 28.7 Å². The molecule has 9 rings (SSSR count). The molecule has 5 aliphatic carbocycles. The molecule has 12 heteroatoms. The summed E-state index contributed by atoms with van der Waals surface area (Å²) in [6, 6.07) is 10.8. The lowest BCUT2D eigenvalue weighted by molar-refractivity contribution is -0.124. The van der Waals surface area contributed by atoms with Gasteiger partial charge in [-0.2, -0.15) is 5.10 Å². The summed E-state index contributed by atoms with van der Waals surface area (Å²) in [4.78, 5) is 35.8. The van der Waals surface area contributed by atoms with Crippen LogP contribution < -0.4 is 9.64 Å². The van der Waals surface area contributed by atoms with E-state index in [0.717, 1.165) is 68.2 Å². The minimum Gasteiger partial charge on any atom is -0.496 e. The van der Waals surface area contributed by atoms with E-state index in [4.69, 9.17) is 19.6 Å². The van der Waals surface area contributed by atoms with Gasteiger partial charge >= 0.3 is 6.09 Å². The summed E-state index contributed by atoms with van der Waals surface area (Å²) < 4.78 is 37.1. The third-order valence-electron chi connectivity index (χ3n) is 14.1. The normalized spacial score (nSPS) is 27.8. The monoisotopic (exact) mass is 757 g/mol. The third-order valence-corrected chi connectivity index (χ3v) is 15.6. The number of fused-ring (bicyclic) bond motifs is 3. The van der Waals surface area contributed by atoms with Crippen LogP contribution in [0.1, 0.15) is 102 Å². The number of nitrogens with zero attached hydrogens (tertiary/aromatic N) is 5. The smallest absolute Gasteiger partial charge is 0.410 e. The number of carbonyl (C=O) groups excluding carboxylic acids is 2. The van der Waals surface area contributed by atoms with Crippen LogP contribution in [0, 0.1) is 18.3 Å². The number of amides is 2. The quantitative estimate of drug-likeness (QED) is 0.213. The molecule has 1 saturated heterocycles. The van der Waals surface area contributed by atoms with Gasteiger partial charge in [-0.1, -0.05) is 12.1 Å². The van der Waals surface area contributed by atoms with E-state index in [2.05, 4.69) is 49.0 Å².